The van der Waals surface area contributed by atoms with Gasteiger partial charge >= 0.3 is 0 Å². The Kier molecular flexibility index (Phi) is 7.19. The van der Waals surface area contributed by atoms with Crippen LogP contribution in [0.5, 0.6) is 11.5 Å². The van der Waals surface area contributed by atoms with Crippen molar-refractivity contribution in [2.75, 3.05) is 20.1 Å². The first-order chi connectivity index (χ1) is 14.5. The van der Waals surface area contributed by atoms with Crippen LogP contribution >= 0.6 is 0 Å². The Bertz CT molecular complexity index is 971. The molecule has 154 valence electrons. The number of carbonyl (C=O) groups excluding carboxylic acids is 2. The second-order valence-electron chi connectivity index (χ2n) is 6.99. The summed E-state index contributed by atoms with van der Waals surface area (Å²) >= 11 is 0. The minimum absolute atomic E-state index is 0.125. The van der Waals surface area contributed by atoms with E-state index in [2.05, 4.69) is 22.3 Å². The van der Waals surface area contributed by atoms with E-state index in [0.29, 0.717) is 29.2 Å². The number of likely N-dealkylation sites (N-methyl/N-ethyl adjacent to an activating group) is 1. The molecule has 0 unspecified atom stereocenters. The lowest BCUT2D eigenvalue weighted by Crippen LogP contribution is -2.32. The minimum Gasteiger partial charge on any atom is -0.457 e. The molecular weight excluding hydrogens is 378 g/mol. The first-order valence-electron chi connectivity index (χ1n) is 9.70. The van der Waals surface area contributed by atoms with Crippen molar-refractivity contribution in [3.05, 3.63) is 95.6 Å². The maximum absolute atomic E-state index is 12.3. The molecule has 3 aromatic carbocycles. The zero-order valence-electron chi connectivity index (χ0n) is 16.9. The second kappa shape index (κ2) is 10.2. The molecule has 0 aliphatic rings. The van der Waals surface area contributed by atoms with Crippen molar-refractivity contribution in [3.63, 3.8) is 0 Å². The van der Waals surface area contributed by atoms with Crippen LogP contribution < -0.4 is 15.8 Å². The van der Waals surface area contributed by atoms with Crippen LogP contribution in [0.15, 0.2) is 78.9 Å². The first-order valence-corrected chi connectivity index (χ1v) is 9.70. The van der Waals surface area contributed by atoms with Gasteiger partial charge < -0.3 is 20.7 Å². The fourth-order valence-electron chi connectivity index (χ4n) is 2.93. The zero-order valence-corrected chi connectivity index (χ0v) is 16.9. The van der Waals surface area contributed by atoms with Crippen molar-refractivity contribution in [1.29, 1.82) is 0 Å². The molecule has 0 heterocycles. The number of nitrogens with one attached hydrogen (secondary N) is 1. The van der Waals surface area contributed by atoms with E-state index in [0.717, 1.165) is 13.1 Å². The number of carbonyl (C=O) groups is 2. The lowest BCUT2D eigenvalue weighted by molar-refractivity contribution is 0.0948. The van der Waals surface area contributed by atoms with Gasteiger partial charge in [0.05, 0.1) is 0 Å². The van der Waals surface area contributed by atoms with Crippen molar-refractivity contribution in [3.8, 4) is 11.5 Å². The van der Waals surface area contributed by atoms with E-state index in [-0.39, 0.29) is 5.91 Å². The van der Waals surface area contributed by atoms with Crippen LogP contribution in [0.4, 0.5) is 0 Å². The molecule has 0 aliphatic carbocycles. The predicted octanol–water partition coefficient (Wildman–Crippen LogP) is 3.44. The lowest BCUT2D eigenvalue weighted by Gasteiger charge is -2.17. The highest BCUT2D eigenvalue weighted by Crippen LogP contribution is 2.22. The molecule has 0 fully saturated rings. The van der Waals surface area contributed by atoms with Gasteiger partial charge in [-0.15, -0.1) is 0 Å². The SMILES string of the molecule is CN(CCNC(=O)c1ccc(Oc2ccc(C(N)=O)cc2)cc1)Cc1ccccc1. The number of amides is 2. The molecule has 0 spiro atoms. The van der Waals surface area contributed by atoms with Crippen molar-refractivity contribution in [1.82, 2.24) is 10.2 Å². The van der Waals surface area contributed by atoms with E-state index in [9.17, 15) is 9.59 Å². The highest BCUT2D eigenvalue weighted by molar-refractivity contribution is 5.94. The highest BCUT2D eigenvalue weighted by atomic mass is 16.5. The summed E-state index contributed by atoms with van der Waals surface area (Å²) in [6.45, 7) is 2.15. The van der Waals surface area contributed by atoms with Crippen molar-refractivity contribution in [2.45, 2.75) is 6.54 Å². The van der Waals surface area contributed by atoms with Gasteiger partial charge in [-0.1, -0.05) is 30.3 Å². The summed E-state index contributed by atoms with van der Waals surface area (Å²) in [4.78, 5) is 25.6. The number of ether oxygens (including phenoxy) is 1. The number of rotatable bonds is 9. The van der Waals surface area contributed by atoms with E-state index < -0.39 is 5.91 Å². The summed E-state index contributed by atoms with van der Waals surface area (Å²) in [6.07, 6.45) is 0. The van der Waals surface area contributed by atoms with Gasteiger partial charge in [0.2, 0.25) is 5.91 Å². The van der Waals surface area contributed by atoms with Crippen LogP contribution in [0.3, 0.4) is 0 Å². The lowest BCUT2D eigenvalue weighted by atomic mass is 10.2. The maximum atomic E-state index is 12.3. The summed E-state index contributed by atoms with van der Waals surface area (Å²) < 4.78 is 5.73. The van der Waals surface area contributed by atoms with Crippen molar-refractivity contribution >= 4 is 11.8 Å². The molecule has 0 aliphatic heterocycles. The van der Waals surface area contributed by atoms with E-state index in [4.69, 9.17) is 10.5 Å². The topological polar surface area (TPSA) is 84.7 Å². The Labute approximate surface area is 176 Å². The summed E-state index contributed by atoms with van der Waals surface area (Å²) in [6, 6.07) is 23.7. The number of benzene rings is 3. The maximum Gasteiger partial charge on any atom is 0.251 e. The monoisotopic (exact) mass is 403 g/mol. The van der Waals surface area contributed by atoms with Crippen LogP contribution in [-0.4, -0.2) is 36.9 Å². The van der Waals surface area contributed by atoms with Gasteiger partial charge in [-0.05, 0) is 61.1 Å². The van der Waals surface area contributed by atoms with Crippen molar-refractivity contribution < 1.29 is 14.3 Å². The molecule has 2 amide bonds. The van der Waals surface area contributed by atoms with Gasteiger partial charge in [0, 0.05) is 30.8 Å². The molecule has 0 atom stereocenters. The van der Waals surface area contributed by atoms with Crippen LogP contribution in [-0.2, 0) is 6.54 Å². The molecule has 0 bridgehead atoms. The van der Waals surface area contributed by atoms with Crippen LogP contribution in [0.1, 0.15) is 26.3 Å². The van der Waals surface area contributed by atoms with Crippen molar-refractivity contribution in [2.24, 2.45) is 5.73 Å². The largest absolute Gasteiger partial charge is 0.457 e. The predicted molar refractivity (Wildman–Crippen MR) is 117 cm³/mol. The first kappa shape index (κ1) is 21.1. The third-order valence-corrected chi connectivity index (χ3v) is 4.57. The van der Waals surface area contributed by atoms with Gasteiger partial charge in [0.1, 0.15) is 11.5 Å². The minimum atomic E-state index is -0.483. The van der Waals surface area contributed by atoms with Crippen LogP contribution in [0.25, 0.3) is 0 Å². The van der Waals surface area contributed by atoms with Gasteiger partial charge in [-0.2, -0.15) is 0 Å². The Morgan fingerprint density at radius 2 is 1.43 bits per heavy atom. The van der Waals surface area contributed by atoms with Gasteiger partial charge in [0.15, 0.2) is 0 Å². The number of nitrogens with zero attached hydrogens (tertiary/aromatic N) is 1. The van der Waals surface area contributed by atoms with Gasteiger partial charge in [-0.25, -0.2) is 0 Å². The molecule has 0 aromatic heterocycles. The molecule has 0 radical (unpaired) electrons. The fraction of sp³-hybridized carbons (Fsp3) is 0.167. The standard InChI is InChI=1S/C24H25N3O3/c1-27(17-18-5-3-2-4-6-18)16-15-26-24(29)20-9-13-22(14-10-20)30-21-11-7-19(8-12-21)23(25)28/h2-14H,15-17H2,1H3,(H2,25,28)(H,26,29). The Balaban J connectivity index is 1.45. The number of primary amides is 1. The number of hydrogen-bond donors (Lipinski definition) is 2. The molecule has 6 nitrogen and oxygen atoms in total. The summed E-state index contributed by atoms with van der Waals surface area (Å²) in [5.41, 5.74) is 7.46. The van der Waals surface area contributed by atoms with Crippen LogP contribution in [0, 0.1) is 0 Å². The molecule has 0 saturated heterocycles. The summed E-state index contributed by atoms with van der Waals surface area (Å²) in [5.74, 6) is 0.572. The Hall–Kier alpha value is -3.64. The molecule has 30 heavy (non-hydrogen) atoms. The van der Waals surface area contributed by atoms with Gasteiger partial charge in [-0.3, -0.25) is 9.59 Å². The Morgan fingerprint density at radius 1 is 0.867 bits per heavy atom. The normalized spacial score (nSPS) is 10.6. The van der Waals surface area contributed by atoms with E-state index in [1.807, 2.05) is 25.2 Å². The Morgan fingerprint density at radius 3 is 2.00 bits per heavy atom. The average Bonchev–Trinajstić information content (AvgIpc) is 2.75. The van der Waals surface area contributed by atoms with Crippen LogP contribution in [0.2, 0.25) is 0 Å². The zero-order chi connectivity index (χ0) is 21.3. The smallest absolute Gasteiger partial charge is 0.251 e. The average molecular weight is 403 g/mol. The molecule has 3 rings (SSSR count). The fourth-order valence-corrected chi connectivity index (χ4v) is 2.93. The summed E-state index contributed by atoms with van der Waals surface area (Å²) in [7, 11) is 2.03. The van der Waals surface area contributed by atoms with E-state index in [1.165, 1.54) is 5.56 Å². The molecule has 3 aromatic rings. The second-order valence-corrected chi connectivity index (χ2v) is 6.99. The quantitative estimate of drug-likeness (QED) is 0.573. The molecule has 6 heteroatoms. The molecule has 3 N–H and O–H groups in total. The molecule has 0 saturated carbocycles. The van der Waals surface area contributed by atoms with E-state index >= 15 is 0 Å². The highest BCUT2D eigenvalue weighted by Gasteiger charge is 2.07. The third kappa shape index (κ3) is 6.18. The third-order valence-electron chi connectivity index (χ3n) is 4.57. The number of hydrogen-bond acceptors (Lipinski definition) is 4. The summed E-state index contributed by atoms with van der Waals surface area (Å²) in [5, 5.41) is 2.94. The molecular formula is C24H25N3O3. The van der Waals surface area contributed by atoms with Gasteiger partial charge in [0.25, 0.3) is 5.91 Å². The van der Waals surface area contributed by atoms with E-state index in [1.54, 1.807) is 48.5 Å². The number of nitrogens with two attached hydrogens (primary N) is 1.